The highest BCUT2D eigenvalue weighted by molar-refractivity contribution is 5.71. The van der Waals surface area contributed by atoms with Gasteiger partial charge in [0.1, 0.15) is 0 Å². The van der Waals surface area contributed by atoms with E-state index in [1.165, 1.54) is 0 Å². The Hall–Kier alpha value is -0.570. The van der Waals surface area contributed by atoms with Gasteiger partial charge in [0.15, 0.2) is 0 Å². The van der Waals surface area contributed by atoms with Crippen molar-refractivity contribution < 1.29 is 14.6 Å². The summed E-state index contributed by atoms with van der Waals surface area (Å²) < 4.78 is 4.61. The summed E-state index contributed by atoms with van der Waals surface area (Å²) in [5.74, 6) is -0.300. The number of carbonyl (C=O) groups is 1. The maximum Gasteiger partial charge on any atom is 0.308 e. The minimum Gasteiger partial charge on any atom is -0.465 e. The number of hydrogen-bond acceptors (Lipinski definition) is 3. The van der Waals surface area contributed by atoms with Gasteiger partial charge in [-0.15, -0.1) is 0 Å². The van der Waals surface area contributed by atoms with Crippen molar-refractivity contribution in [1.82, 2.24) is 0 Å². The normalized spacial score (nSPS) is 36.0. The fourth-order valence-electron chi connectivity index (χ4n) is 0.835. The van der Waals surface area contributed by atoms with Gasteiger partial charge in [-0.25, -0.2) is 0 Å². The number of esters is 1. The fraction of sp³-hybridized carbons (Fsp3) is 0.833. The van der Waals surface area contributed by atoms with Crippen LogP contribution in [0.2, 0.25) is 0 Å². The van der Waals surface area contributed by atoms with Crippen molar-refractivity contribution in [3.8, 4) is 0 Å². The van der Waals surface area contributed by atoms with E-state index in [0.29, 0.717) is 13.0 Å². The first kappa shape index (κ1) is 6.55. The first-order valence-electron chi connectivity index (χ1n) is 2.98. The summed E-state index contributed by atoms with van der Waals surface area (Å²) in [7, 11) is 0. The van der Waals surface area contributed by atoms with Gasteiger partial charge in [0.05, 0.1) is 18.6 Å². The van der Waals surface area contributed by atoms with Crippen LogP contribution in [0, 0.1) is 0 Å². The van der Waals surface area contributed by atoms with Gasteiger partial charge in [-0.05, 0) is 6.92 Å². The van der Waals surface area contributed by atoms with Gasteiger partial charge in [0.25, 0.3) is 0 Å². The van der Waals surface area contributed by atoms with E-state index in [1.54, 1.807) is 6.92 Å². The Bertz CT molecular complexity index is 128. The zero-order valence-electron chi connectivity index (χ0n) is 5.39. The molecule has 0 spiro atoms. The van der Waals surface area contributed by atoms with Crippen LogP contribution >= 0.6 is 0 Å². The van der Waals surface area contributed by atoms with Gasteiger partial charge < -0.3 is 9.84 Å². The zero-order valence-corrected chi connectivity index (χ0v) is 5.39. The lowest BCUT2D eigenvalue weighted by atomic mass is 10.3. The van der Waals surface area contributed by atoms with Gasteiger partial charge in [0, 0.05) is 6.42 Å². The molecule has 0 radical (unpaired) electrons. The summed E-state index contributed by atoms with van der Waals surface area (Å²) in [6.45, 7) is 2.00. The third kappa shape index (κ3) is 1.68. The standard InChI is InChI=1S/C6H10O3/c1-6(8)2-3-9-5(7)4-6/h8H,2-4H2,1H3/i6+1. The van der Waals surface area contributed by atoms with E-state index in [2.05, 4.69) is 4.74 Å². The lowest BCUT2D eigenvalue weighted by Crippen LogP contribution is -2.35. The number of carbonyl (C=O) groups excluding carboxylic acids is 1. The Morgan fingerprint density at radius 3 is 2.78 bits per heavy atom. The van der Waals surface area contributed by atoms with E-state index in [1.807, 2.05) is 0 Å². The number of hydrogen-bond donors (Lipinski definition) is 1. The van der Waals surface area contributed by atoms with Gasteiger partial charge in [0.2, 0.25) is 0 Å². The molecule has 1 atom stereocenters. The van der Waals surface area contributed by atoms with Gasteiger partial charge in [-0.1, -0.05) is 0 Å². The van der Waals surface area contributed by atoms with Crippen LogP contribution in [0.25, 0.3) is 0 Å². The lowest BCUT2D eigenvalue weighted by molar-refractivity contribution is -0.157. The second-order valence-corrected chi connectivity index (χ2v) is 2.64. The number of aliphatic hydroxyl groups is 1. The maximum atomic E-state index is 10.5. The Balaban J connectivity index is 2.51. The number of rotatable bonds is 0. The third-order valence-corrected chi connectivity index (χ3v) is 1.43. The summed E-state index contributed by atoms with van der Waals surface area (Å²) in [4.78, 5) is 10.5. The number of ether oxygens (including phenoxy) is 1. The van der Waals surface area contributed by atoms with E-state index >= 15 is 0 Å². The minimum atomic E-state index is -0.824. The van der Waals surface area contributed by atoms with Crippen LogP contribution < -0.4 is 0 Å². The van der Waals surface area contributed by atoms with E-state index < -0.39 is 5.60 Å². The molecular weight excluding hydrogens is 121 g/mol. The van der Waals surface area contributed by atoms with Crippen LogP contribution in [0.1, 0.15) is 19.8 Å². The Labute approximate surface area is 53.6 Å². The molecule has 0 amide bonds. The molecule has 0 bridgehead atoms. The van der Waals surface area contributed by atoms with Crippen LogP contribution in [-0.4, -0.2) is 23.3 Å². The summed E-state index contributed by atoms with van der Waals surface area (Å²) >= 11 is 0. The minimum absolute atomic E-state index is 0.132. The van der Waals surface area contributed by atoms with E-state index in [-0.39, 0.29) is 12.4 Å². The highest BCUT2D eigenvalue weighted by Crippen LogP contribution is 2.19. The van der Waals surface area contributed by atoms with Crippen molar-refractivity contribution in [1.29, 1.82) is 0 Å². The van der Waals surface area contributed by atoms with Crippen molar-refractivity contribution in [2.75, 3.05) is 6.61 Å². The summed E-state index contributed by atoms with van der Waals surface area (Å²) in [5, 5.41) is 9.24. The average Bonchev–Trinajstić information content (AvgIpc) is 1.60. The molecule has 9 heavy (non-hydrogen) atoms. The molecule has 0 aromatic rings. The van der Waals surface area contributed by atoms with Crippen molar-refractivity contribution >= 4 is 5.97 Å². The second-order valence-electron chi connectivity index (χ2n) is 2.64. The molecule has 3 nitrogen and oxygen atoms in total. The SMILES string of the molecule is C[13C]1(O)CCOC(=O)C1. The summed E-state index contributed by atoms with van der Waals surface area (Å²) in [6.07, 6.45) is 0.686. The Morgan fingerprint density at radius 1 is 1.78 bits per heavy atom. The molecule has 1 unspecified atom stereocenters. The molecule has 1 aliphatic rings. The first-order chi connectivity index (χ1) is 4.10. The zero-order chi connectivity index (χ0) is 6.91. The molecule has 1 N–H and O–H groups in total. The molecule has 0 aromatic carbocycles. The Morgan fingerprint density at radius 2 is 2.44 bits per heavy atom. The molecule has 0 saturated carbocycles. The van der Waals surface area contributed by atoms with Crippen molar-refractivity contribution in [3.05, 3.63) is 0 Å². The third-order valence-electron chi connectivity index (χ3n) is 1.43. The maximum absolute atomic E-state index is 10.5. The van der Waals surface area contributed by atoms with Crippen LogP contribution in [0.3, 0.4) is 0 Å². The first-order valence-corrected chi connectivity index (χ1v) is 2.98. The molecule has 52 valence electrons. The smallest absolute Gasteiger partial charge is 0.308 e. The average molecular weight is 131 g/mol. The predicted molar refractivity (Wildman–Crippen MR) is 30.8 cm³/mol. The second kappa shape index (κ2) is 1.99. The molecule has 3 heteroatoms. The molecule has 1 heterocycles. The van der Waals surface area contributed by atoms with Crippen LogP contribution in [0.4, 0.5) is 0 Å². The molecule has 1 saturated heterocycles. The Kier molecular flexibility index (Phi) is 1.45. The lowest BCUT2D eigenvalue weighted by Gasteiger charge is -2.26. The molecule has 1 aliphatic heterocycles. The predicted octanol–water partition coefficient (Wildman–Crippen LogP) is 0.0744. The van der Waals surface area contributed by atoms with Crippen molar-refractivity contribution in [3.63, 3.8) is 0 Å². The highest BCUT2D eigenvalue weighted by atomic mass is 16.5. The summed E-state index contributed by atoms with van der Waals surface area (Å²) in [6, 6.07) is 0. The topological polar surface area (TPSA) is 46.5 Å². The molecule has 0 aliphatic carbocycles. The molecule has 1 rings (SSSR count). The molecule has 1 fully saturated rings. The van der Waals surface area contributed by atoms with Gasteiger partial charge in [-0.3, -0.25) is 4.79 Å². The fourth-order valence-corrected chi connectivity index (χ4v) is 0.835. The largest absolute Gasteiger partial charge is 0.465 e. The van der Waals surface area contributed by atoms with Gasteiger partial charge in [-0.2, -0.15) is 0 Å². The van der Waals surface area contributed by atoms with Crippen molar-refractivity contribution in [2.45, 2.75) is 25.4 Å². The summed E-state index contributed by atoms with van der Waals surface area (Å²) in [5.41, 5.74) is -0.824. The molecule has 0 aromatic heterocycles. The quantitative estimate of drug-likeness (QED) is 0.374. The number of cyclic esters (lactones) is 1. The highest BCUT2D eigenvalue weighted by Gasteiger charge is 2.29. The van der Waals surface area contributed by atoms with Crippen LogP contribution in [0.5, 0.6) is 0 Å². The van der Waals surface area contributed by atoms with Crippen molar-refractivity contribution in [2.24, 2.45) is 0 Å². The van der Waals surface area contributed by atoms with E-state index in [0.717, 1.165) is 0 Å². The van der Waals surface area contributed by atoms with E-state index in [4.69, 9.17) is 0 Å². The van der Waals surface area contributed by atoms with Crippen LogP contribution in [0.15, 0.2) is 0 Å². The monoisotopic (exact) mass is 131 g/mol. The van der Waals surface area contributed by atoms with Crippen LogP contribution in [-0.2, 0) is 9.53 Å². The van der Waals surface area contributed by atoms with Gasteiger partial charge >= 0.3 is 5.97 Å². The van der Waals surface area contributed by atoms with E-state index in [9.17, 15) is 9.90 Å². The molecular formula is C6H10O3.